The van der Waals surface area contributed by atoms with Crippen LogP contribution in [-0.4, -0.2) is 42.0 Å². The number of benzene rings is 1. The van der Waals surface area contributed by atoms with E-state index in [-0.39, 0.29) is 22.0 Å². The molecule has 5 nitrogen and oxygen atoms in total. The van der Waals surface area contributed by atoms with Gasteiger partial charge in [0.1, 0.15) is 0 Å². The number of likely N-dealkylation sites (N-methyl/N-ethyl adjacent to an activating group) is 1. The van der Waals surface area contributed by atoms with E-state index in [1.54, 1.807) is 19.9 Å². The predicted octanol–water partition coefficient (Wildman–Crippen LogP) is 2.83. The number of nitrogens with zero attached hydrogens (tertiary/aromatic N) is 1. The molecule has 2 rings (SSSR count). The molecule has 0 aromatic heterocycles. The van der Waals surface area contributed by atoms with Gasteiger partial charge >= 0.3 is 5.97 Å². The van der Waals surface area contributed by atoms with E-state index in [1.165, 1.54) is 6.07 Å². The molecule has 1 aromatic carbocycles. The summed E-state index contributed by atoms with van der Waals surface area (Å²) in [6.45, 7) is 3.76. The number of carbonyl (C=O) groups excluding carboxylic acids is 2. The molecule has 0 atom stereocenters. The van der Waals surface area contributed by atoms with Crippen LogP contribution in [-0.2, 0) is 22.3 Å². The first kappa shape index (κ1) is 18.1. The topological polar surface area (TPSA) is 55.4 Å². The maximum absolute atomic E-state index is 12.7. The summed E-state index contributed by atoms with van der Waals surface area (Å²) in [5.74, 6) is -0.682. The van der Waals surface area contributed by atoms with Gasteiger partial charge in [-0.3, -0.25) is 4.79 Å². The Hall–Kier alpha value is -1.24. The number of anilines is 1. The van der Waals surface area contributed by atoms with Crippen LogP contribution in [0.1, 0.15) is 35.7 Å². The molecule has 23 heavy (non-hydrogen) atoms. The Balaban J connectivity index is 2.36. The average molecular weight is 357 g/mol. The lowest BCUT2D eigenvalue weighted by Gasteiger charge is -2.43. The van der Waals surface area contributed by atoms with Crippen LogP contribution >= 0.6 is 11.6 Å². The molecule has 1 fully saturated rings. The summed E-state index contributed by atoms with van der Waals surface area (Å²) in [6.07, 6.45) is 1.47. The average Bonchev–Trinajstić information content (AvgIpc) is 3.22. The van der Waals surface area contributed by atoms with Gasteiger partial charge in [-0.1, -0.05) is 11.6 Å². The molecule has 1 saturated carbocycles. The maximum atomic E-state index is 12.7. The van der Waals surface area contributed by atoms with Gasteiger partial charge in [0.15, 0.2) is 5.54 Å². The Morgan fingerprint density at radius 1 is 1.39 bits per heavy atom. The number of ether oxygens (including phenoxy) is 1. The van der Waals surface area contributed by atoms with Gasteiger partial charge in [0.05, 0.1) is 32.0 Å². The number of hydrogen-bond donors (Lipinski definition) is 1. The Labute approximate surface area is 147 Å². The van der Waals surface area contributed by atoms with E-state index in [0.717, 1.165) is 12.8 Å². The number of esters is 1. The zero-order valence-electron chi connectivity index (χ0n) is 13.7. The molecule has 7 heteroatoms. The van der Waals surface area contributed by atoms with Crippen LogP contribution in [0, 0.1) is 6.92 Å². The number of aryl methyl sites for hydroxylation is 1. The highest BCUT2D eigenvalue weighted by atomic mass is 35.5. The van der Waals surface area contributed by atoms with Gasteiger partial charge in [0.25, 0.3) is 5.91 Å². The van der Waals surface area contributed by atoms with E-state index in [2.05, 4.69) is 5.32 Å². The minimum Gasteiger partial charge on any atom is -0.494 e. The van der Waals surface area contributed by atoms with Crippen molar-refractivity contribution in [2.45, 2.75) is 32.2 Å². The number of hydrogen-bond acceptors (Lipinski definition) is 4. The normalized spacial score (nSPS) is 15.9. The molecule has 0 aliphatic heterocycles. The first-order valence-electron chi connectivity index (χ1n) is 7.46. The van der Waals surface area contributed by atoms with Crippen LogP contribution in [0.3, 0.4) is 0 Å². The standard InChI is InChI=1S/C16H21ClN2O3S/c1-5-22-14(20)12-9-11(17)8-10(2)13(12)18-15(21)16(6-7-16)19(3,4)23/h8-9H,5-7H2,1-4H3,(H,18,21). The zero-order valence-corrected chi connectivity index (χ0v) is 15.3. The summed E-state index contributed by atoms with van der Waals surface area (Å²) >= 11 is 11.5. The molecular formula is C16H21ClN2O3S. The molecule has 126 valence electrons. The number of rotatable bonds is 5. The van der Waals surface area contributed by atoms with Crippen molar-refractivity contribution in [3.63, 3.8) is 0 Å². The number of amides is 1. The Bertz CT molecular complexity index is 651. The predicted molar refractivity (Wildman–Crippen MR) is 92.2 cm³/mol. The highest BCUT2D eigenvalue weighted by Gasteiger charge is 2.58. The van der Waals surface area contributed by atoms with E-state index in [4.69, 9.17) is 29.2 Å². The van der Waals surface area contributed by atoms with Crippen LogP contribution in [0.15, 0.2) is 12.1 Å². The van der Waals surface area contributed by atoms with Crippen LogP contribution in [0.4, 0.5) is 5.69 Å². The largest absolute Gasteiger partial charge is 0.494 e. The van der Waals surface area contributed by atoms with Gasteiger partial charge in [-0.25, -0.2) is 4.79 Å². The number of halogens is 1. The quantitative estimate of drug-likeness (QED) is 0.500. The lowest BCUT2D eigenvalue weighted by molar-refractivity contribution is -0.780. The zero-order chi connectivity index (χ0) is 17.4. The number of quaternary nitrogens is 1. The van der Waals surface area contributed by atoms with Crippen molar-refractivity contribution in [1.29, 1.82) is 0 Å². The van der Waals surface area contributed by atoms with Crippen molar-refractivity contribution < 1.29 is 18.2 Å². The minimum atomic E-state index is -0.618. The number of nitrogens with one attached hydrogen (secondary N) is 1. The third kappa shape index (κ3) is 3.49. The van der Waals surface area contributed by atoms with Gasteiger partial charge in [0.2, 0.25) is 0 Å². The molecule has 1 aliphatic carbocycles. The molecule has 0 spiro atoms. The molecule has 0 radical (unpaired) electrons. The molecular weight excluding hydrogens is 336 g/mol. The van der Waals surface area contributed by atoms with Crippen molar-refractivity contribution in [3.8, 4) is 0 Å². The molecule has 0 saturated heterocycles. The van der Waals surface area contributed by atoms with E-state index in [0.29, 0.717) is 16.3 Å². The summed E-state index contributed by atoms with van der Waals surface area (Å²) in [6, 6.07) is 3.21. The summed E-state index contributed by atoms with van der Waals surface area (Å²) < 4.78 is 5.19. The van der Waals surface area contributed by atoms with Gasteiger partial charge in [-0.15, -0.1) is 0 Å². The Morgan fingerprint density at radius 2 is 2.00 bits per heavy atom. The molecule has 1 aromatic rings. The lowest BCUT2D eigenvalue weighted by Crippen LogP contribution is -2.53. The van der Waals surface area contributed by atoms with E-state index in [1.807, 2.05) is 14.1 Å². The molecule has 0 unspecified atom stereocenters. The highest BCUT2D eigenvalue weighted by Crippen LogP contribution is 2.45. The lowest BCUT2D eigenvalue weighted by atomic mass is 10.1. The summed E-state index contributed by atoms with van der Waals surface area (Å²) in [4.78, 5) is 24.9. The van der Waals surface area contributed by atoms with Crippen molar-refractivity contribution in [2.75, 3.05) is 26.0 Å². The highest BCUT2D eigenvalue weighted by molar-refractivity contribution is 7.52. The molecule has 1 aliphatic rings. The molecule has 1 amide bonds. The fourth-order valence-corrected chi connectivity index (χ4v) is 3.18. The van der Waals surface area contributed by atoms with Crippen molar-refractivity contribution in [1.82, 2.24) is 0 Å². The van der Waals surface area contributed by atoms with Gasteiger partial charge in [-0.05, 0) is 31.5 Å². The third-order valence-electron chi connectivity index (χ3n) is 4.21. The second-order valence-electron chi connectivity index (χ2n) is 6.20. The minimum absolute atomic E-state index is 0.139. The summed E-state index contributed by atoms with van der Waals surface area (Å²) in [5.41, 5.74) is 0.787. The molecule has 1 N–H and O–H groups in total. The smallest absolute Gasteiger partial charge is 0.340 e. The first-order valence-corrected chi connectivity index (χ1v) is 8.20. The van der Waals surface area contributed by atoms with Gasteiger partial charge < -0.3 is 26.8 Å². The van der Waals surface area contributed by atoms with Crippen molar-refractivity contribution >= 4 is 42.0 Å². The Morgan fingerprint density at radius 3 is 2.48 bits per heavy atom. The van der Waals surface area contributed by atoms with E-state index >= 15 is 0 Å². The fraction of sp³-hybridized carbons (Fsp3) is 0.500. The van der Waals surface area contributed by atoms with Crippen molar-refractivity contribution in [2.24, 2.45) is 0 Å². The number of carbonyl (C=O) groups is 2. The maximum Gasteiger partial charge on any atom is 0.340 e. The van der Waals surface area contributed by atoms with Crippen LogP contribution in [0.2, 0.25) is 5.02 Å². The van der Waals surface area contributed by atoms with Crippen LogP contribution in [0.5, 0.6) is 0 Å². The van der Waals surface area contributed by atoms with E-state index in [9.17, 15) is 9.59 Å². The second-order valence-corrected chi connectivity index (χ2v) is 7.55. The Kier molecular flexibility index (Phi) is 4.99. The second kappa shape index (κ2) is 6.34. The van der Waals surface area contributed by atoms with E-state index < -0.39 is 11.5 Å². The SMILES string of the molecule is CCOC(=O)c1cc(Cl)cc(C)c1NC(=O)C1([N+](C)(C)[S-])CC1. The first-order chi connectivity index (χ1) is 10.6. The molecule has 0 bridgehead atoms. The van der Waals surface area contributed by atoms with Crippen LogP contribution in [0.25, 0.3) is 0 Å². The van der Waals surface area contributed by atoms with Crippen molar-refractivity contribution in [3.05, 3.63) is 28.3 Å². The van der Waals surface area contributed by atoms with Gasteiger partial charge in [-0.2, -0.15) is 0 Å². The summed E-state index contributed by atoms with van der Waals surface area (Å²) in [5, 5.41) is 3.29. The summed E-state index contributed by atoms with van der Waals surface area (Å²) in [7, 11) is 3.64. The van der Waals surface area contributed by atoms with Gasteiger partial charge in [0, 0.05) is 17.9 Å². The van der Waals surface area contributed by atoms with Crippen LogP contribution < -0.4 is 5.32 Å². The fourth-order valence-electron chi connectivity index (χ4n) is 2.64. The third-order valence-corrected chi connectivity index (χ3v) is 4.78. The molecule has 0 heterocycles. The monoisotopic (exact) mass is 356 g/mol.